The van der Waals surface area contributed by atoms with E-state index in [1.807, 2.05) is 0 Å². The Kier molecular flexibility index (Phi) is 3.15. The van der Waals surface area contributed by atoms with Gasteiger partial charge in [-0.05, 0) is 25.7 Å². The van der Waals surface area contributed by atoms with E-state index in [0.717, 1.165) is 31.0 Å². The van der Waals surface area contributed by atoms with Gasteiger partial charge in [0.1, 0.15) is 0 Å². The predicted octanol–water partition coefficient (Wildman–Crippen LogP) is 2.61. The summed E-state index contributed by atoms with van der Waals surface area (Å²) in [6, 6.07) is 0. The minimum Gasteiger partial charge on any atom is -0.350 e. The zero-order valence-electron chi connectivity index (χ0n) is 8.52. The first kappa shape index (κ1) is 10.5. The van der Waals surface area contributed by atoms with Gasteiger partial charge in [0.2, 0.25) is 5.91 Å². The summed E-state index contributed by atoms with van der Waals surface area (Å²) < 4.78 is 0. The Balaban J connectivity index is 1.92. The molecule has 0 bridgehead atoms. The first-order chi connectivity index (χ1) is 6.76. The molecule has 0 aromatic rings. The Morgan fingerprint density at radius 1 is 1.29 bits per heavy atom. The highest BCUT2D eigenvalue weighted by Crippen LogP contribution is 2.33. The lowest BCUT2D eigenvalue weighted by Gasteiger charge is -2.36. The number of carbonyl (C=O) groups is 1. The van der Waals surface area contributed by atoms with Gasteiger partial charge in [0.25, 0.3) is 0 Å². The lowest BCUT2D eigenvalue weighted by Crippen LogP contribution is -2.51. The fraction of sp³-hybridized carbons (Fsp3) is 0.909. The predicted molar refractivity (Wildman–Crippen MR) is 60.5 cm³/mol. The summed E-state index contributed by atoms with van der Waals surface area (Å²) in [5.74, 6) is 0.638. The van der Waals surface area contributed by atoms with Crippen molar-refractivity contribution in [2.45, 2.75) is 50.5 Å². The minimum absolute atomic E-state index is 0.0813. The third kappa shape index (κ3) is 2.30. The topological polar surface area (TPSA) is 29.1 Å². The molecule has 3 heteroatoms. The van der Waals surface area contributed by atoms with E-state index in [0.29, 0.717) is 11.8 Å². The molecule has 0 aliphatic heterocycles. The molecule has 1 amide bonds. The van der Waals surface area contributed by atoms with Crippen molar-refractivity contribution < 1.29 is 4.79 Å². The van der Waals surface area contributed by atoms with Gasteiger partial charge in [-0.25, -0.2) is 0 Å². The van der Waals surface area contributed by atoms with Crippen LogP contribution in [0.25, 0.3) is 0 Å². The van der Waals surface area contributed by atoms with Gasteiger partial charge in [0.05, 0.1) is 0 Å². The summed E-state index contributed by atoms with van der Waals surface area (Å²) in [4.78, 5) is 11.7. The Labute approximate surface area is 94.0 Å². The van der Waals surface area contributed by atoms with E-state index in [1.54, 1.807) is 0 Å². The van der Waals surface area contributed by atoms with E-state index >= 15 is 0 Å². The van der Waals surface area contributed by atoms with Gasteiger partial charge in [0, 0.05) is 16.8 Å². The normalized spacial score (nSPS) is 25.8. The van der Waals surface area contributed by atoms with Crippen molar-refractivity contribution in [3.63, 3.8) is 0 Å². The summed E-state index contributed by atoms with van der Waals surface area (Å²) in [5.41, 5.74) is 0.0813. The second kappa shape index (κ2) is 4.21. The first-order valence-electron chi connectivity index (χ1n) is 5.64. The number of alkyl halides is 1. The summed E-state index contributed by atoms with van der Waals surface area (Å²) >= 11 is 3.55. The third-order valence-electron chi connectivity index (χ3n) is 3.40. The molecule has 0 heterocycles. The summed E-state index contributed by atoms with van der Waals surface area (Å²) in [7, 11) is 0. The second-order valence-electron chi connectivity index (χ2n) is 4.74. The smallest absolute Gasteiger partial charge is 0.223 e. The van der Waals surface area contributed by atoms with E-state index in [4.69, 9.17) is 0 Å². The third-order valence-corrected chi connectivity index (χ3v) is 4.48. The molecule has 2 fully saturated rings. The average molecular weight is 260 g/mol. The molecule has 2 saturated carbocycles. The molecule has 0 aromatic carbocycles. The quantitative estimate of drug-likeness (QED) is 0.776. The molecule has 0 radical (unpaired) electrons. The van der Waals surface area contributed by atoms with Gasteiger partial charge in [-0.1, -0.05) is 35.2 Å². The van der Waals surface area contributed by atoms with Gasteiger partial charge in [-0.15, -0.1) is 0 Å². The molecule has 2 nitrogen and oxygen atoms in total. The maximum atomic E-state index is 11.7. The second-order valence-corrected chi connectivity index (χ2v) is 5.30. The Morgan fingerprint density at radius 3 is 2.43 bits per heavy atom. The van der Waals surface area contributed by atoms with E-state index < -0.39 is 0 Å². The van der Waals surface area contributed by atoms with Crippen LogP contribution in [0.1, 0.15) is 44.9 Å². The molecule has 0 aromatic heterocycles. The van der Waals surface area contributed by atoms with Gasteiger partial charge >= 0.3 is 0 Å². The van der Waals surface area contributed by atoms with Crippen molar-refractivity contribution >= 4 is 21.8 Å². The van der Waals surface area contributed by atoms with Crippen LogP contribution in [-0.2, 0) is 4.79 Å². The Morgan fingerprint density at radius 2 is 1.93 bits per heavy atom. The molecule has 1 N–H and O–H groups in total. The number of hydrogen-bond donors (Lipinski definition) is 1. The van der Waals surface area contributed by atoms with E-state index in [1.165, 1.54) is 19.3 Å². The van der Waals surface area contributed by atoms with Gasteiger partial charge in [-0.3, -0.25) is 4.79 Å². The molecule has 2 aliphatic carbocycles. The van der Waals surface area contributed by atoms with Crippen molar-refractivity contribution in [3.8, 4) is 0 Å². The fourth-order valence-corrected chi connectivity index (χ4v) is 2.93. The molecule has 2 rings (SSSR count). The van der Waals surface area contributed by atoms with E-state index in [-0.39, 0.29) is 5.54 Å². The van der Waals surface area contributed by atoms with E-state index in [9.17, 15) is 4.79 Å². The molecule has 2 aliphatic rings. The van der Waals surface area contributed by atoms with Crippen molar-refractivity contribution in [1.82, 2.24) is 5.32 Å². The van der Waals surface area contributed by atoms with Crippen LogP contribution in [0, 0.1) is 5.92 Å². The monoisotopic (exact) mass is 259 g/mol. The van der Waals surface area contributed by atoms with Crippen LogP contribution in [0.3, 0.4) is 0 Å². The number of hydrogen-bond acceptors (Lipinski definition) is 1. The zero-order chi connectivity index (χ0) is 10.0. The van der Waals surface area contributed by atoms with E-state index in [2.05, 4.69) is 21.2 Å². The summed E-state index contributed by atoms with van der Waals surface area (Å²) in [6.07, 6.45) is 8.35. The van der Waals surface area contributed by atoms with Crippen LogP contribution in [-0.4, -0.2) is 16.8 Å². The highest BCUT2D eigenvalue weighted by molar-refractivity contribution is 9.09. The first-order valence-corrected chi connectivity index (χ1v) is 6.76. The fourth-order valence-electron chi connectivity index (χ4n) is 2.23. The van der Waals surface area contributed by atoms with Gasteiger partial charge < -0.3 is 5.32 Å². The number of carbonyl (C=O) groups excluding carboxylic acids is 1. The summed E-state index contributed by atoms with van der Waals surface area (Å²) in [5, 5.41) is 4.17. The van der Waals surface area contributed by atoms with Crippen LogP contribution >= 0.6 is 15.9 Å². The van der Waals surface area contributed by atoms with Crippen molar-refractivity contribution in [2.24, 2.45) is 5.92 Å². The standard InChI is InChI=1S/C11H18BrNO/c12-8-11(6-2-1-3-7-11)13-10(14)9-4-5-9/h9H,1-8H2,(H,13,14). The zero-order valence-corrected chi connectivity index (χ0v) is 10.1. The van der Waals surface area contributed by atoms with Crippen LogP contribution in [0.5, 0.6) is 0 Å². The summed E-state index contributed by atoms with van der Waals surface area (Å²) in [6.45, 7) is 0. The maximum absolute atomic E-state index is 11.7. The minimum atomic E-state index is 0.0813. The van der Waals surface area contributed by atoms with Crippen LogP contribution < -0.4 is 5.32 Å². The number of rotatable bonds is 3. The van der Waals surface area contributed by atoms with Crippen LogP contribution in [0.2, 0.25) is 0 Å². The molecule has 0 atom stereocenters. The lowest BCUT2D eigenvalue weighted by molar-refractivity contribution is -0.124. The average Bonchev–Trinajstić information content (AvgIpc) is 3.02. The molecule has 14 heavy (non-hydrogen) atoms. The molecular formula is C11H18BrNO. The number of halogens is 1. The van der Waals surface area contributed by atoms with Crippen LogP contribution in [0.4, 0.5) is 0 Å². The molecule has 80 valence electrons. The van der Waals surface area contributed by atoms with Crippen LogP contribution in [0.15, 0.2) is 0 Å². The largest absolute Gasteiger partial charge is 0.350 e. The molecule has 0 saturated heterocycles. The lowest BCUT2D eigenvalue weighted by atomic mass is 9.83. The molecule has 0 spiro atoms. The van der Waals surface area contributed by atoms with Crippen molar-refractivity contribution in [3.05, 3.63) is 0 Å². The van der Waals surface area contributed by atoms with Gasteiger partial charge in [-0.2, -0.15) is 0 Å². The highest BCUT2D eigenvalue weighted by Gasteiger charge is 2.37. The van der Waals surface area contributed by atoms with Gasteiger partial charge in [0.15, 0.2) is 0 Å². The SMILES string of the molecule is O=C(NC1(CBr)CCCCC1)C1CC1. The van der Waals surface area contributed by atoms with Crippen molar-refractivity contribution in [1.29, 1.82) is 0 Å². The maximum Gasteiger partial charge on any atom is 0.223 e. The Bertz CT molecular complexity index is 219. The van der Waals surface area contributed by atoms with Crippen molar-refractivity contribution in [2.75, 3.05) is 5.33 Å². The highest BCUT2D eigenvalue weighted by atomic mass is 79.9. The number of amides is 1. The molecular weight excluding hydrogens is 242 g/mol. The Hall–Kier alpha value is -0.0500. The molecule has 0 unspecified atom stereocenters. The number of nitrogens with one attached hydrogen (secondary N) is 1.